The third-order valence-corrected chi connectivity index (χ3v) is 6.19. The lowest BCUT2D eigenvalue weighted by Gasteiger charge is -2.18. The van der Waals surface area contributed by atoms with Crippen LogP contribution < -0.4 is 22.5 Å². The average molecular weight is 526 g/mol. The average Bonchev–Trinajstić information content (AvgIpc) is 2.85. The standard InChI is InChI=1S/C26H25Cl2N5O3/c1-14(34)15-3-2-4-17(11-15)25(35)33-24(31)20-13-18(6-8-23(20)30)32-26(36)19(9-10-29)16-5-7-21(27)22(28)12-16/h2-8,11-13,19H,9-10,29-30H2,1H3,(H,32,36)(H2,31,33,35). The first-order chi connectivity index (χ1) is 17.1. The summed E-state index contributed by atoms with van der Waals surface area (Å²) in [6.07, 6.45) is 0.378. The Hall–Kier alpha value is -3.72. The Morgan fingerprint density at radius 3 is 2.36 bits per heavy atom. The number of hydrogen-bond donors (Lipinski definition) is 4. The van der Waals surface area contributed by atoms with Gasteiger partial charge in [-0.25, -0.2) is 0 Å². The number of amides is 2. The van der Waals surface area contributed by atoms with Gasteiger partial charge in [-0.15, -0.1) is 0 Å². The minimum atomic E-state index is -0.632. The first kappa shape index (κ1) is 26.9. The summed E-state index contributed by atoms with van der Waals surface area (Å²) in [6.45, 7) is 1.68. The quantitative estimate of drug-likeness (QED) is 0.148. The molecule has 0 saturated heterocycles. The van der Waals surface area contributed by atoms with Crippen molar-refractivity contribution in [2.24, 2.45) is 16.5 Å². The minimum Gasteiger partial charge on any atom is -0.398 e. The molecule has 8 nitrogen and oxygen atoms in total. The molecule has 36 heavy (non-hydrogen) atoms. The number of anilines is 2. The topological polar surface area (TPSA) is 154 Å². The van der Waals surface area contributed by atoms with Gasteiger partial charge in [0.05, 0.1) is 16.0 Å². The van der Waals surface area contributed by atoms with Crippen molar-refractivity contribution in [3.63, 3.8) is 0 Å². The number of nitrogens with one attached hydrogen (secondary N) is 1. The smallest absolute Gasteiger partial charge is 0.278 e. The van der Waals surface area contributed by atoms with E-state index in [2.05, 4.69) is 10.3 Å². The maximum Gasteiger partial charge on any atom is 0.278 e. The maximum atomic E-state index is 13.1. The predicted molar refractivity (Wildman–Crippen MR) is 144 cm³/mol. The molecule has 3 aromatic rings. The first-order valence-electron chi connectivity index (χ1n) is 11.0. The van der Waals surface area contributed by atoms with E-state index in [1.54, 1.807) is 42.5 Å². The van der Waals surface area contributed by atoms with Crippen molar-refractivity contribution >= 4 is 58.0 Å². The van der Waals surface area contributed by atoms with E-state index in [9.17, 15) is 14.4 Å². The van der Waals surface area contributed by atoms with Crippen molar-refractivity contribution in [3.05, 3.63) is 93.0 Å². The Morgan fingerprint density at radius 1 is 0.972 bits per heavy atom. The number of amidine groups is 1. The highest BCUT2D eigenvalue weighted by molar-refractivity contribution is 6.42. The lowest BCUT2D eigenvalue weighted by Crippen LogP contribution is -2.24. The van der Waals surface area contributed by atoms with Crippen LogP contribution in [0.3, 0.4) is 0 Å². The number of rotatable bonds is 8. The van der Waals surface area contributed by atoms with Gasteiger partial charge in [-0.05, 0) is 67.9 Å². The number of carbonyl (C=O) groups is 3. The molecule has 0 bridgehead atoms. The molecular weight excluding hydrogens is 501 g/mol. The van der Waals surface area contributed by atoms with E-state index in [0.717, 1.165) is 0 Å². The number of halogens is 2. The van der Waals surface area contributed by atoms with Gasteiger partial charge >= 0.3 is 0 Å². The molecule has 0 saturated carbocycles. The zero-order valence-electron chi connectivity index (χ0n) is 19.4. The summed E-state index contributed by atoms with van der Waals surface area (Å²) in [6, 6.07) is 15.8. The number of benzene rings is 3. The Kier molecular flexibility index (Phi) is 8.82. The summed E-state index contributed by atoms with van der Waals surface area (Å²) >= 11 is 12.1. The molecule has 1 atom stereocenters. The van der Waals surface area contributed by atoms with Gasteiger partial charge in [0.15, 0.2) is 5.78 Å². The van der Waals surface area contributed by atoms with Crippen LogP contribution in [0.25, 0.3) is 0 Å². The zero-order chi connectivity index (χ0) is 26.4. The highest BCUT2D eigenvalue weighted by Crippen LogP contribution is 2.29. The van der Waals surface area contributed by atoms with Crippen LogP contribution in [0.2, 0.25) is 10.0 Å². The third kappa shape index (κ3) is 6.48. The summed E-state index contributed by atoms with van der Waals surface area (Å²) in [7, 11) is 0. The Morgan fingerprint density at radius 2 is 1.69 bits per heavy atom. The van der Waals surface area contributed by atoms with Gasteiger partial charge in [-0.2, -0.15) is 4.99 Å². The second-order valence-corrected chi connectivity index (χ2v) is 8.85. The lowest BCUT2D eigenvalue weighted by molar-refractivity contribution is -0.117. The Bertz CT molecular complexity index is 1360. The van der Waals surface area contributed by atoms with E-state index in [0.29, 0.717) is 33.3 Å². The molecule has 2 amide bonds. The van der Waals surface area contributed by atoms with Gasteiger partial charge in [-0.3, -0.25) is 14.4 Å². The van der Waals surface area contributed by atoms with Gasteiger partial charge in [-0.1, -0.05) is 41.4 Å². The lowest BCUT2D eigenvalue weighted by atomic mass is 9.94. The SMILES string of the molecule is CC(=O)c1cccc(C(=O)N=C(N)c2cc(NC(=O)C(CCN)c3ccc(Cl)c(Cl)c3)ccc2N)c1. The van der Waals surface area contributed by atoms with Crippen LogP contribution >= 0.6 is 23.2 Å². The largest absolute Gasteiger partial charge is 0.398 e. The summed E-state index contributed by atoms with van der Waals surface area (Å²) in [5.74, 6) is -1.84. The second kappa shape index (κ2) is 11.8. The number of carbonyl (C=O) groups excluding carboxylic acids is 3. The van der Waals surface area contributed by atoms with Crippen molar-refractivity contribution in [3.8, 4) is 0 Å². The van der Waals surface area contributed by atoms with Gasteiger partial charge in [0.2, 0.25) is 5.91 Å². The third-order valence-electron chi connectivity index (χ3n) is 5.45. The monoisotopic (exact) mass is 525 g/mol. The van der Waals surface area contributed by atoms with E-state index in [1.165, 1.54) is 25.1 Å². The van der Waals surface area contributed by atoms with Gasteiger partial charge in [0.1, 0.15) is 5.84 Å². The molecule has 3 aromatic carbocycles. The number of nitrogen functional groups attached to an aromatic ring is 1. The molecular formula is C26H25Cl2N5O3. The minimum absolute atomic E-state index is 0.134. The Balaban J connectivity index is 1.85. The van der Waals surface area contributed by atoms with Crippen LogP contribution in [-0.2, 0) is 4.79 Å². The van der Waals surface area contributed by atoms with Gasteiger partial charge in [0.25, 0.3) is 5.91 Å². The number of Topliss-reactive ketones (excluding diaryl/α,β-unsaturated/α-hetero) is 1. The summed E-state index contributed by atoms with van der Waals surface area (Å²) in [5.41, 5.74) is 20.1. The number of ketones is 1. The molecule has 0 heterocycles. The van der Waals surface area contributed by atoms with Crippen molar-refractivity contribution in [2.75, 3.05) is 17.6 Å². The number of nitrogens with two attached hydrogens (primary N) is 3. The van der Waals surface area contributed by atoms with Gasteiger partial charge in [0, 0.05) is 28.1 Å². The fraction of sp³-hybridized carbons (Fsp3) is 0.154. The second-order valence-electron chi connectivity index (χ2n) is 8.03. The van der Waals surface area contributed by atoms with Crippen molar-refractivity contribution in [1.82, 2.24) is 0 Å². The molecule has 0 aliphatic carbocycles. The number of aliphatic imine (C=N–C) groups is 1. The molecule has 3 rings (SSSR count). The van der Waals surface area contributed by atoms with Crippen molar-refractivity contribution in [2.45, 2.75) is 19.3 Å². The molecule has 7 N–H and O–H groups in total. The number of nitrogens with zero attached hydrogens (tertiary/aromatic N) is 1. The van der Waals surface area contributed by atoms with Crippen molar-refractivity contribution < 1.29 is 14.4 Å². The first-order valence-corrected chi connectivity index (χ1v) is 11.7. The van der Waals surface area contributed by atoms with Crippen LogP contribution in [0.15, 0.2) is 65.7 Å². The van der Waals surface area contributed by atoms with Crippen LogP contribution in [0, 0.1) is 0 Å². The molecule has 10 heteroatoms. The van der Waals surface area contributed by atoms with Gasteiger partial charge < -0.3 is 22.5 Å². The van der Waals surface area contributed by atoms with Crippen LogP contribution in [0.1, 0.15) is 51.1 Å². The van der Waals surface area contributed by atoms with Crippen molar-refractivity contribution in [1.29, 1.82) is 0 Å². The molecule has 0 fully saturated rings. The fourth-order valence-corrected chi connectivity index (χ4v) is 3.84. The van der Waals surface area contributed by atoms with E-state index in [4.69, 9.17) is 40.4 Å². The summed E-state index contributed by atoms with van der Waals surface area (Å²) in [5, 5.41) is 3.54. The maximum absolute atomic E-state index is 13.1. The normalized spacial score (nSPS) is 12.2. The molecule has 186 valence electrons. The van der Waals surface area contributed by atoms with E-state index >= 15 is 0 Å². The van der Waals surface area contributed by atoms with Crippen LogP contribution in [-0.4, -0.2) is 30.0 Å². The molecule has 0 aliphatic heterocycles. The molecule has 0 aliphatic rings. The van der Waals surface area contributed by atoms with E-state index in [-0.39, 0.29) is 40.9 Å². The van der Waals surface area contributed by atoms with Crippen LogP contribution in [0.4, 0.5) is 11.4 Å². The zero-order valence-corrected chi connectivity index (χ0v) is 20.9. The molecule has 0 aromatic heterocycles. The Labute approximate surface area is 218 Å². The number of hydrogen-bond acceptors (Lipinski definition) is 5. The fourth-order valence-electron chi connectivity index (χ4n) is 3.54. The highest BCUT2D eigenvalue weighted by atomic mass is 35.5. The molecule has 0 radical (unpaired) electrons. The summed E-state index contributed by atoms with van der Waals surface area (Å²) in [4.78, 5) is 41.3. The summed E-state index contributed by atoms with van der Waals surface area (Å²) < 4.78 is 0. The highest BCUT2D eigenvalue weighted by Gasteiger charge is 2.21. The molecule has 0 spiro atoms. The molecule has 1 unspecified atom stereocenters. The van der Waals surface area contributed by atoms with Crippen LogP contribution in [0.5, 0.6) is 0 Å². The van der Waals surface area contributed by atoms with E-state index in [1.807, 2.05) is 0 Å². The van der Waals surface area contributed by atoms with E-state index < -0.39 is 11.8 Å². The predicted octanol–water partition coefficient (Wildman–Crippen LogP) is 4.40.